The molecule has 3 heterocycles. The number of rotatable bonds is 7. The first-order valence-electron chi connectivity index (χ1n) is 11.1. The minimum atomic E-state index is -1.01. The number of carbonyl (C=O) groups is 1. The Hall–Kier alpha value is -3.21. The summed E-state index contributed by atoms with van der Waals surface area (Å²) in [6.45, 7) is -0.0314. The number of carboxylic acid groups (broad SMARTS) is 1. The van der Waals surface area contributed by atoms with Crippen LogP contribution >= 0.6 is 11.3 Å². The smallest absolute Gasteiger partial charge is 0.407 e. The molecule has 34 heavy (non-hydrogen) atoms. The molecule has 11 heteroatoms. The quantitative estimate of drug-likeness (QED) is 0.540. The van der Waals surface area contributed by atoms with Gasteiger partial charge in [-0.25, -0.2) is 19.2 Å². The third kappa shape index (κ3) is 3.67. The van der Waals surface area contributed by atoms with E-state index in [1.54, 1.807) is 19.2 Å². The molecular formula is C23H25FN4O5S. The molecule has 9 nitrogen and oxygen atoms in total. The number of likely N-dealkylation sites (tertiary alicyclic amines) is 1. The lowest BCUT2D eigenvalue weighted by molar-refractivity contribution is 0.140. The first kappa shape index (κ1) is 22.6. The summed E-state index contributed by atoms with van der Waals surface area (Å²) in [7, 11) is 3.10. The summed E-state index contributed by atoms with van der Waals surface area (Å²) < 4.78 is 26.4. The molecule has 1 saturated carbocycles. The minimum Gasteiger partial charge on any atom is -0.497 e. The number of hydrogen-bond acceptors (Lipinski definition) is 7. The molecule has 2 aromatic heterocycles. The van der Waals surface area contributed by atoms with Crippen LogP contribution < -0.4 is 15.0 Å². The van der Waals surface area contributed by atoms with Crippen molar-refractivity contribution in [3.05, 3.63) is 44.9 Å². The summed E-state index contributed by atoms with van der Waals surface area (Å²) in [5, 5.41) is 10.1. The van der Waals surface area contributed by atoms with Gasteiger partial charge >= 0.3 is 6.09 Å². The van der Waals surface area contributed by atoms with E-state index in [2.05, 4.69) is 4.98 Å². The largest absolute Gasteiger partial charge is 0.497 e. The van der Waals surface area contributed by atoms with Crippen molar-refractivity contribution in [2.75, 3.05) is 27.4 Å². The van der Waals surface area contributed by atoms with E-state index in [0.29, 0.717) is 53.0 Å². The molecule has 180 valence electrons. The van der Waals surface area contributed by atoms with Crippen molar-refractivity contribution in [1.29, 1.82) is 0 Å². The van der Waals surface area contributed by atoms with Crippen molar-refractivity contribution in [1.82, 2.24) is 19.4 Å². The highest BCUT2D eigenvalue weighted by Gasteiger charge is 2.49. The van der Waals surface area contributed by atoms with Crippen LogP contribution in [0.5, 0.6) is 11.5 Å². The van der Waals surface area contributed by atoms with E-state index in [1.165, 1.54) is 27.9 Å². The predicted octanol–water partition coefficient (Wildman–Crippen LogP) is 3.73. The Morgan fingerprint density at radius 3 is 2.74 bits per heavy atom. The molecule has 1 atom stereocenters. The van der Waals surface area contributed by atoms with E-state index >= 15 is 0 Å². The fraction of sp³-hybridized carbons (Fsp3) is 0.478. The van der Waals surface area contributed by atoms with Gasteiger partial charge in [0.15, 0.2) is 10.3 Å². The third-order valence-corrected chi connectivity index (χ3v) is 7.78. The molecule has 1 aliphatic carbocycles. The standard InChI is InChI=1S/C23H25FN4O5S/c1-32-14-6-5-13(16(10-14)33-2)11-28-20(29)17-19(26-21(28)23(12-24)7-8-23)34-18(25-17)15-4-3-9-27(15)22(30)31/h5-6,10,15H,3-4,7-9,11-12H2,1-2H3,(H,30,31)/t15-/m1/s1. The first-order valence-corrected chi connectivity index (χ1v) is 11.9. The SMILES string of the molecule is COc1ccc(Cn2c(C3(CF)CC3)nc3sc([C@H]4CCCN4C(=O)O)nc3c2=O)c(OC)c1. The van der Waals surface area contributed by atoms with Gasteiger partial charge in [-0.3, -0.25) is 14.3 Å². The van der Waals surface area contributed by atoms with Gasteiger partial charge in [-0.05, 0) is 37.8 Å². The van der Waals surface area contributed by atoms with Crippen molar-refractivity contribution in [3.8, 4) is 11.5 Å². The molecular weight excluding hydrogens is 463 g/mol. The molecule has 1 N–H and O–H groups in total. The number of aromatic nitrogens is 3. The van der Waals surface area contributed by atoms with Crippen LogP contribution in [0.3, 0.4) is 0 Å². The molecule has 0 bridgehead atoms. The summed E-state index contributed by atoms with van der Waals surface area (Å²) in [4.78, 5) is 36.3. The van der Waals surface area contributed by atoms with Crippen LogP contribution in [0, 0.1) is 0 Å². The number of ether oxygens (including phenoxy) is 2. The van der Waals surface area contributed by atoms with Gasteiger partial charge in [-0.15, -0.1) is 0 Å². The number of halogens is 1. The topological polar surface area (TPSA) is 107 Å². The maximum atomic E-state index is 14.1. The lowest BCUT2D eigenvalue weighted by Crippen LogP contribution is -2.31. The predicted molar refractivity (Wildman–Crippen MR) is 124 cm³/mol. The summed E-state index contributed by atoms with van der Waals surface area (Å²) in [5.74, 6) is 1.57. The molecule has 1 amide bonds. The highest BCUT2D eigenvalue weighted by molar-refractivity contribution is 7.18. The molecule has 0 radical (unpaired) electrons. The second kappa shape index (κ2) is 8.53. The van der Waals surface area contributed by atoms with Crippen molar-refractivity contribution < 1.29 is 23.8 Å². The second-order valence-corrected chi connectivity index (χ2v) is 9.77. The van der Waals surface area contributed by atoms with Crippen molar-refractivity contribution in [2.24, 2.45) is 0 Å². The Kier molecular flexibility index (Phi) is 5.67. The Morgan fingerprint density at radius 2 is 2.09 bits per heavy atom. The maximum absolute atomic E-state index is 14.1. The number of thiazole rings is 1. The van der Waals surface area contributed by atoms with Crippen LogP contribution in [-0.2, 0) is 12.0 Å². The van der Waals surface area contributed by atoms with Crippen LogP contribution in [0.15, 0.2) is 23.0 Å². The molecule has 1 aliphatic heterocycles. The summed E-state index contributed by atoms with van der Waals surface area (Å²) >= 11 is 1.22. The number of alkyl halides is 1. The van der Waals surface area contributed by atoms with E-state index in [9.17, 15) is 19.1 Å². The number of nitrogens with zero attached hydrogens (tertiary/aromatic N) is 4. The average Bonchev–Trinajstić information content (AvgIpc) is 3.27. The Labute approximate surface area is 198 Å². The minimum absolute atomic E-state index is 0.142. The van der Waals surface area contributed by atoms with Gasteiger partial charge in [0.2, 0.25) is 0 Å². The summed E-state index contributed by atoms with van der Waals surface area (Å²) in [6.07, 6.45) is 1.60. The van der Waals surface area contributed by atoms with Crippen LogP contribution in [-0.4, -0.2) is 58.1 Å². The third-order valence-electron chi connectivity index (χ3n) is 6.73. The molecule has 1 aromatic carbocycles. The molecule has 2 aliphatic rings. The summed E-state index contributed by atoms with van der Waals surface area (Å²) in [5.41, 5.74) is -0.230. The van der Waals surface area contributed by atoms with E-state index < -0.39 is 24.2 Å². The van der Waals surface area contributed by atoms with E-state index in [-0.39, 0.29) is 17.6 Å². The van der Waals surface area contributed by atoms with Gasteiger partial charge in [0.1, 0.15) is 29.0 Å². The fourth-order valence-corrected chi connectivity index (χ4v) is 5.67. The Balaban J connectivity index is 1.64. The summed E-state index contributed by atoms with van der Waals surface area (Å²) in [6, 6.07) is 4.92. The second-order valence-electron chi connectivity index (χ2n) is 8.76. The van der Waals surface area contributed by atoms with Crippen molar-refractivity contribution >= 4 is 27.8 Å². The van der Waals surface area contributed by atoms with Crippen LogP contribution in [0.2, 0.25) is 0 Å². The molecule has 0 spiro atoms. The number of benzene rings is 1. The molecule has 1 saturated heterocycles. The number of amides is 1. The van der Waals surface area contributed by atoms with Gasteiger partial charge < -0.3 is 14.6 Å². The molecule has 0 unspecified atom stereocenters. The van der Waals surface area contributed by atoms with Crippen LogP contribution in [0.25, 0.3) is 10.3 Å². The number of hydrogen-bond donors (Lipinski definition) is 1. The number of methoxy groups -OCH3 is 2. The van der Waals surface area contributed by atoms with E-state index in [1.807, 2.05) is 6.07 Å². The molecule has 5 rings (SSSR count). The normalized spacial score (nSPS) is 18.9. The van der Waals surface area contributed by atoms with E-state index in [4.69, 9.17) is 14.5 Å². The van der Waals surface area contributed by atoms with Gasteiger partial charge in [0, 0.05) is 18.2 Å². The lowest BCUT2D eigenvalue weighted by Gasteiger charge is -2.19. The zero-order chi connectivity index (χ0) is 24.0. The fourth-order valence-electron chi connectivity index (χ4n) is 4.59. The zero-order valence-corrected chi connectivity index (χ0v) is 19.7. The highest BCUT2D eigenvalue weighted by atomic mass is 32.1. The monoisotopic (exact) mass is 488 g/mol. The number of fused-ring (bicyclic) bond motifs is 1. The van der Waals surface area contributed by atoms with E-state index in [0.717, 1.165) is 12.0 Å². The van der Waals surface area contributed by atoms with Crippen LogP contribution in [0.4, 0.5) is 9.18 Å². The van der Waals surface area contributed by atoms with Gasteiger partial charge in [-0.2, -0.15) is 0 Å². The Bertz CT molecular complexity index is 1320. The van der Waals surface area contributed by atoms with Gasteiger partial charge in [0.25, 0.3) is 5.56 Å². The zero-order valence-electron chi connectivity index (χ0n) is 18.9. The lowest BCUT2D eigenvalue weighted by atomic mass is 10.1. The van der Waals surface area contributed by atoms with Gasteiger partial charge in [0.05, 0.1) is 32.2 Å². The average molecular weight is 489 g/mol. The molecule has 2 fully saturated rings. The van der Waals surface area contributed by atoms with Crippen molar-refractivity contribution in [3.63, 3.8) is 0 Å². The van der Waals surface area contributed by atoms with Gasteiger partial charge in [-0.1, -0.05) is 11.3 Å². The first-order chi connectivity index (χ1) is 16.4. The maximum Gasteiger partial charge on any atom is 0.407 e. The van der Waals surface area contributed by atoms with Crippen molar-refractivity contribution in [2.45, 2.75) is 43.7 Å². The Morgan fingerprint density at radius 1 is 1.29 bits per heavy atom. The molecule has 3 aromatic rings. The van der Waals surface area contributed by atoms with Crippen LogP contribution in [0.1, 0.15) is 48.1 Å². The highest BCUT2D eigenvalue weighted by Crippen LogP contribution is 2.48.